The van der Waals surface area contributed by atoms with Crippen molar-refractivity contribution in [2.45, 2.75) is 46.2 Å². The summed E-state index contributed by atoms with van der Waals surface area (Å²) in [7, 11) is 0. The summed E-state index contributed by atoms with van der Waals surface area (Å²) < 4.78 is 1.65. The van der Waals surface area contributed by atoms with E-state index in [1.54, 1.807) is 24.9 Å². The molecule has 126 valence electrons. The molecule has 2 aromatic rings. The van der Waals surface area contributed by atoms with Crippen LogP contribution in [0.4, 0.5) is 0 Å². The van der Waals surface area contributed by atoms with Crippen LogP contribution in [0.2, 0.25) is 0 Å². The van der Waals surface area contributed by atoms with Gasteiger partial charge in [0.05, 0.1) is 6.54 Å². The van der Waals surface area contributed by atoms with Crippen molar-refractivity contribution in [3.63, 3.8) is 0 Å². The summed E-state index contributed by atoms with van der Waals surface area (Å²) in [6.07, 6.45) is 3.79. The van der Waals surface area contributed by atoms with Gasteiger partial charge in [-0.2, -0.15) is 10.4 Å². The van der Waals surface area contributed by atoms with Gasteiger partial charge in [0.2, 0.25) is 5.91 Å². The van der Waals surface area contributed by atoms with E-state index in [0.29, 0.717) is 24.2 Å². The monoisotopic (exact) mass is 328 g/mol. The molecule has 2 heterocycles. The third-order valence-corrected chi connectivity index (χ3v) is 3.86. The van der Waals surface area contributed by atoms with Crippen LogP contribution < -0.4 is 10.9 Å². The van der Waals surface area contributed by atoms with Crippen LogP contribution in [0.25, 0.3) is 0 Å². The summed E-state index contributed by atoms with van der Waals surface area (Å²) >= 11 is 0. The second-order valence-corrected chi connectivity index (χ2v) is 5.76. The molecule has 0 aliphatic carbocycles. The predicted octanol–water partition coefficient (Wildman–Crippen LogP) is 0.592. The number of rotatable bonds is 6. The molecule has 0 spiro atoms. The van der Waals surface area contributed by atoms with Gasteiger partial charge in [-0.15, -0.1) is 0 Å². The molecule has 0 aliphatic rings. The van der Waals surface area contributed by atoms with Gasteiger partial charge < -0.3 is 10.3 Å². The van der Waals surface area contributed by atoms with Crippen LogP contribution in [-0.2, 0) is 17.8 Å². The maximum absolute atomic E-state index is 12.1. The Balaban J connectivity index is 1.97. The smallest absolute Gasteiger partial charge is 0.266 e. The molecular formula is C16H20N6O2. The maximum Gasteiger partial charge on any atom is 0.266 e. The minimum absolute atomic E-state index is 0.0772. The van der Waals surface area contributed by atoms with E-state index in [0.717, 1.165) is 5.56 Å². The lowest BCUT2D eigenvalue weighted by Crippen LogP contribution is -2.36. The molecule has 8 heteroatoms. The lowest BCUT2D eigenvalue weighted by Gasteiger charge is -2.15. The topological polar surface area (TPSA) is 116 Å². The molecule has 0 bridgehead atoms. The lowest BCUT2D eigenvalue weighted by molar-refractivity contribution is -0.121. The average molecular weight is 328 g/mol. The fourth-order valence-electron chi connectivity index (χ4n) is 2.66. The molecule has 1 amide bonds. The zero-order valence-electron chi connectivity index (χ0n) is 14.0. The molecule has 0 saturated carbocycles. The third-order valence-electron chi connectivity index (χ3n) is 3.86. The normalized spacial score (nSPS) is 11.8. The van der Waals surface area contributed by atoms with E-state index in [4.69, 9.17) is 5.26 Å². The summed E-state index contributed by atoms with van der Waals surface area (Å²) in [6, 6.07) is 1.84. The largest absolute Gasteiger partial charge is 0.352 e. The average Bonchev–Trinajstić information content (AvgIpc) is 2.99. The molecule has 1 unspecified atom stereocenters. The van der Waals surface area contributed by atoms with Crippen molar-refractivity contribution in [3.8, 4) is 6.07 Å². The summed E-state index contributed by atoms with van der Waals surface area (Å²) in [5.41, 5.74) is 1.89. The lowest BCUT2D eigenvalue weighted by atomic mass is 9.99. The fraction of sp³-hybridized carbons (Fsp3) is 0.438. The number of aryl methyl sites for hydroxylation is 1. The number of H-pyrrole nitrogens is 1. The van der Waals surface area contributed by atoms with Gasteiger partial charge in [0.25, 0.3) is 5.56 Å². The molecule has 2 N–H and O–H groups in total. The Morgan fingerprint density at radius 3 is 2.88 bits per heavy atom. The molecule has 1 atom stereocenters. The van der Waals surface area contributed by atoms with Crippen molar-refractivity contribution in [1.82, 2.24) is 25.1 Å². The summed E-state index contributed by atoms with van der Waals surface area (Å²) in [5.74, 6) is -0.0916. The molecule has 2 rings (SSSR count). The highest BCUT2D eigenvalue weighted by molar-refractivity contribution is 5.76. The van der Waals surface area contributed by atoms with Crippen molar-refractivity contribution >= 4 is 5.91 Å². The zero-order chi connectivity index (χ0) is 17.7. The molecule has 0 fully saturated rings. The van der Waals surface area contributed by atoms with E-state index in [1.807, 2.05) is 13.0 Å². The molecule has 8 nitrogen and oxygen atoms in total. The highest BCUT2D eigenvalue weighted by atomic mass is 16.1. The first-order chi connectivity index (χ1) is 11.4. The predicted molar refractivity (Wildman–Crippen MR) is 87.2 cm³/mol. The van der Waals surface area contributed by atoms with Gasteiger partial charge in [-0.3, -0.25) is 14.3 Å². The molecule has 2 aromatic heterocycles. The van der Waals surface area contributed by atoms with Crippen LogP contribution in [0, 0.1) is 25.2 Å². The van der Waals surface area contributed by atoms with Crippen LogP contribution >= 0.6 is 0 Å². The van der Waals surface area contributed by atoms with E-state index in [2.05, 4.69) is 20.4 Å². The van der Waals surface area contributed by atoms with E-state index < -0.39 is 0 Å². The van der Waals surface area contributed by atoms with Gasteiger partial charge in [-0.1, -0.05) is 0 Å². The molecule has 0 saturated heterocycles. The Hall–Kier alpha value is -2.95. The van der Waals surface area contributed by atoms with E-state index >= 15 is 0 Å². The third kappa shape index (κ3) is 4.07. The number of pyridine rings is 1. The molecule has 24 heavy (non-hydrogen) atoms. The van der Waals surface area contributed by atoms with Crippen LogP contribution in [-0.4, -0.2) is 31.7 Å². The SMILES string of the molecule is Cc1[nH]c(=O)c(C#N)c(C)c1CCC(=O)NC(C)Cn1cncn1. The van der Waals surface area contributed by atoms with Crippen LogP contribution in [0.1, 0.15) is 35.7 Å². The summed E-state index contributed by atoms with van der Waals surface area (Å²) in [6.45, 7) is 5.95. The second kappa shape index (κ2) is 7.55. The molecular weight excluding hydrogens is 308 g/mol. The molecule has 0 aliphatic heterocycles. The second-order valence-electron chi connectivity index (χ2n) is 5.76. The molecule has 0 aromatic carbocycles. The summed E-state index contributed by atoms with van der Waals surface area (Å²) in [4.78, 5) is 30.3. The first-order valence-electron chi connectivity index (χ1n) is 7.66. The Kier molecular flexibility index (Phi) is 5.47. The van der Waals surface area contributed by atoms with Crippen molar-refractivity contribution in [2.24, 2.45) is 0 Å². The van der Waals surface area contributed by atoms with Crippen LogP contribution in [0.5, 0.6) is 0 Å². The van der Waals surface area contributed by atoms with E-state index in [1.165, 1.54) is 6.33 Å². The van der Waals surface area contributed by atoms with Crippen molar-refractivity contribution in [2.75, 3.05) is 0 Å². The number of nitrogens with zero attached hydrogens (tertiary/aromatic N) is 4. The first kappa shape index (κ1) is 17.4. The number of nitrogens with one attached hydrogen (secondary N) is 2. The highest BCUT2D eigenvalue weighted by Gasteiger charge is 2.14. The quantitative estimate of drug-likeness (QED) is 0.805. The van der Waals surface area contributed by atoms with Gasteiger partial charge in [-0.25, -0.2) is 4.98 Å². The first-order valence-corrected chi connectivity index (χ1v) is 7.66. The Morgan fingerprint density at radius 1 is 1.50 bits per heavy atom. The molecule has 0 radical (unpaired) electrons. The van der Waals surface area contributed by atoms with Gasteiger partial charge in [0.1, 0.15) is 24.3 Å². The number of amides is 1. The van der Waals surface area contributed by atoms with Crippen LogP contribution in [0.15, 0.2) is 17.4 Å². The minimum Gasteiger partial charge on any atom is -0.352 e. The number of hydrogen-bond acceptors (Lipinski definition) is 5. The van der Waals surface area contributed by atoms with Crippen molar-refractivity contribution < 1.29 is 4.79 Å². The van der Waals surface area contributed by atoms with Gasteiger partial charge >= 0.3 is 0 Å². The summed E-state index contributed by atoms with van der Waals surface area (Å²) in [5, 5.41) is 16.0. The maximum atomic E-state index is 12.1. The number of carbonyl (C=O) groups is 1. The number of nitriles is 1. The van der Waals surface area contributed by atoms with Gasteiger partial charge in [-0.05, 0) is 38.3 Å². The number of hydrogen-bond donors (Lipinski definition) is 2. The van der Waals surface area contributed by atoms with Crippen molar-refractivity contribution in [3.05, 3.63) is 45.4 Å². The number of carbonyl (C=O) groups excluding carboxylic acids is 1. The number of aromatic amines is 1. The Morgan fingerprint density at radius 2 is 2.25 bits per heavy atom. The van der Waals surface area contributed by atoms with Gasteiger partial charge in [0, 0.05) is 18.2 Å². The Labute approximate surface area is 139 Å². The van der Waals surface area contributed by atoms with Gasteiger partial charge in [0.15, 0.2) is 0 Å². The highest BCUT2D eigenvalue weighted by Crippen LogP contribution is 2.14. The van der Waals surface area contributed by atoms with Crippen molar-refractivity contribution in [1.29, 1.82) is 5.26 Å². The Bertz CT molecular complexity index is 816. The van der Waals surface area contributed by atoms with Crippen LogP contribution in [0.3, 0.4) is 0 Å². The zero-order valence-corrected chi connectivity index (χ0v) is 14.0. The van der Waals surface area contributed by atoms with E-state index in [9.17, 15) is 9.59 Å². The number of aromatic nitrogens is 4. The minimum atomic E-state index is -0.387. The standard InChI is InChI=1S/C16H20N6O2/c1-10(7-22-9-18-8-19-22)20-15(23)5-4-13-11(2)14(6-17)16(24)21-12(13)3/h8-10H,4-5,7H2,1-3H3,(H,20,23)(H,21,24). The fourth-order valence-corrected chi connectivity index (χ4v) is 2.66. The van der Waals surface area contributed by atoms with E-state index in [-0.39, 0.29) is 29.5 Å².